The van der Waals surface area contributed by atoms with Gasteiger partial charge >= 0.3 is 0 Å². The maximum absolute atomic E-state index is 12.3. The zero-order valence-corrected chi connectivity index (χ0v) is 17.5. The largest absolute Gasteiger partial charge is 0.314 e. The molecule has 2 fully saturated rings. The third kappa shape index (κ3) is 4.43. The number of piperazine rings is 1. The quantitative estimate of drug-likeness (QED) is 0.838. The molecule has 0 bridgehead atoms. The third-order valence-corrected chi connectivity index (χ3v) is 6.51. The average molecular weight is 400 g/mol. The molecular formula is C21H29N5OS. The van der Waals surface area contributed by atoms with E-state index in [1.165, 1.54) is 12.0 Å². The van der Waals surface area contributed by atoms with E-state index < -0.39 is 0 Å². The van der Waals surface area contributed by atoms with Crippen LogP contribution < -0.4 is 10.2 Å². The maximum Gasteiger partial charge on any atom is 0.230 e. The van der Waals surface area contributed by atoms with Crippen molar-refractivity contribution in [1.82, 2.24) is 20.1 Å². The number of aryl methyl sites for hydroxylation is 1. The summed E-state index contributed by atoms with van der Waals surface area (Å²) in [5.74, 6) is -0.00954. The molecule has 150 valence electrons. The number of carbonyl (C=O) groups excluding carboxylic acids is 1. The van der Waals surface area contributed by atoms with Crippen LogP contribution in [0.5, 0.6) is 0 Å². The molecule has 6 nitrogen and oxygen atoms in total. The smallest absolute Gasteiger partial charge is 0.230 e. The molecule has 1 aromatic carbocycles. The van der Waals surface area contributed by atoms with Gasteiger partial charge in [-0.25, -0.2) is 4.98 Å². The highest BCUT2D eigenvalue weighted by Crippen LogP contribution is 2.30. The van der Waals surface area contributed by atoms with Crippen molar-refractivity contribution in [3.63, 3.8) is 0 Å². The Labute approximate surface area is 171 Å². The summed E-state index contributed by atoms with van der Waals surface area (Å²) in [5.41, 5.74) is 3.11. The van der Waals surface area contributed by atoms with E-state index in [1.807, 2.05) is 31.2 Å². The lowest BCUT2D eigenvalue weighted by atomic mass is 10.2. The molecule has 28 heavy (non-hydrogen) atoms. The van der Waals surface area contributed by atoms with Crippen LogP contribution in [0.25, 0.3) is 0 Å². The van der Waals surface area contributed by atoms with Crippen molar-refractivity contribution < 1.29 is 4.79 Å². The standard InChI is InChI=1S/C21H29N5OS/c1-16-3-5-19(6-4-16)26(17(2)27)21-23-18(15-28-21)13-24-10-7-20(14-24)25-11-8-22-9-12-25/h3-6,15,20,22H,7-14H2,1-2H3. The number of aromatic nitrogens is 1. The Morgan fingerprint density at radius 3 is 2.71 bits per heavy atom. The average Bonchev–Trinajstić information content (AvgIpc) is 3.34. The van der Waals surface area contributed by atoms with Gasteiger partial charge in [0.25, 0.3) is 0 Å². The molecule has 2 saturated heterocycles. The van der Waals surface area contributed by atoms with E-state index in [0.29, 0.717) is 6.04 Å². The second-order valence-electron chi connectivity index (χ2n) is 7.77. The van der Waals surface area contributed by atoms with Gasteiger partial charge in [-0.15, -0.1) is 11.3 Å². The van der Waals surface area contributed by atoms with Crippen molar-refractivity contribution in [1.29, 1.82) is 0 Å². The number of thiazole rings is 1. The van der Waals surface area contributed by atoms with Gasteiger partial charge in [-0.3, -0.25) is 19.5 Å². The summed E-state index contributed by atoms with van der Waals surface area (Å²) in [6.45, 7) is 11.3. The number of rotatable bonds is 5. The Morgan fingerprint density at radius 2 is 2.00 bits per heavy atom. The number of hydrogen-bond donors (Lipinski definition) is 1. The first-order chi connectivity index (χ1) is 13.6. The summed E-state index contributed by atoms with van der Waals surface area (Å²) in [6.07, 6.45) is 1.24. The summed E-state index contributed by atoms with van der Waals surface area (Å²) >= 11 is 1.55. The SMILES string of the molecule is CC(=O)N(c1ccc(C)cc1)c1nc(CN2CCC(N3CCNCC3)C2)cs1. The predicted molar refractivity (Wildman–Crippen MR) is 114 cm³/mol. The highest BCUT2D eigenvalue weighted by Gasteiger charge is 2.29. The van der Waals surface area contributed by atoms with Gasteiger partial charge in [-0.1, -0.05) is 17.7 Å². The summed E-state index contributed by atoms with van der Waals surface area (Å²) < 4.78 is 0. The van der Waals surface area contributed by atoms with Crippen molar-refractivity contribution in [2.24, 2.45) is 0 Å². The molecule has 0 spiro atoms. The number of hydrogen-bond acceptors (Lipinski definition) is 6. The van der Waals surface area contributed by atoms with Crippen molar-refractivity contribution >= 4 is 28.1 Å². The number of carbonyl (C=O) groups is 1. The first-order valence-electron chi connectivity index (χ1n) is 10.1. The summed E-state index contributed by atoms with van der Waals surface area (Å²) in [6, 6.07) is 8.69. The molecule has 7 heteroatoms. The molecule has 0 aliphatic carbocycles. The minimum absolute atomic E-state index is 0.00954. The van der Waals surface area contributed by atoms with Crippen LogP contribution in [0.1, 0.15) is 24.6 Å². The van der Waals surface area contributed by atoms with E-state index in [9.17, 15) is 4.79 Å². The van der Waals surface area contributed by atoms with Crippen molar-refractivity contribution in [3.05, 3.63) is 40.9 Å². The lowest BCUT2D eigenvalue weighted by Gasteiger charge is -2.32. The molecule has 1 atom stereocenters. The number of likely N-dealkylation sites (tertiary alicyclic amines) is 1. The third-order valence-electron chi connectivity index (χ3n) is 5.64. The fourth-order valence-corrected chi connectivity index (χ4v) is 5.00. The summed E-state index contributed by atoms with van der Waals surface area (Å²) in [4.78, 5) is 23.9. The molecule has 1 N–H and O–H groups in total. The van der Waals surface area contributed by atoms with Crippen LogP contribution in [0.3, 0.4) is 0 Å². The molecular weight excluding hydrogens is 370 g/mol. The Bertz CT molecular complexity index is 799. The molecule has 0 radical (unpaired) electrons. The molecule has 2 aliphatic rings. The molecule has 1 amide bonds. The van der Waals surface area contributed by atoms with Gasteiger partial charge in [0.1, 0.15) is 0 Å². The Hall–Kier alpha value is -1.80. The molecule has 2 aliphatic heterocycles. The van der Waals surface area contributed by atoms with Crippen LogP contribution in [-0.2, 0) is 11.3 Å². The van der Waals surface area contributed by atoms with Crippen LogP contribution in [0.15, 0.2) is 29.6 Å². The number of nitrogens with one attached hydrogen (secondary N) is 1. The fraction of sp³-hybridized carbons (Fsp3) is 0.524. The summed E-state index contributed by atoms with van der Waals surface area (Å²) in [5, 5.41) is 6.28. The highest BCUT2D eigenvalue weighted by molar-refractivity contribution is 7.14. The normalized spacial score (nSPS) is 21.1. The predicted octanol–water partition coefficient (Wildman–Crippen LogP) is 2.62. The minimum atomic E-state index is -0.00954. The molecule has 1 unspecified atom stereocenters. The van der Waals surface area contributed by atoms with Gasteiger partial charge in [-0.05, 0) is 25.5 Å². The monoisotopic (exact) mass is 399 g/mol. The van der Waals surface area contributed by atoms with Crippen LogP contribution in [-0.4, -0.2) is 66.0 Å². The zero-order valence-electron chi connectivity index (χ0n) is 16.7. The first kappa shape index (κ1) is 19.5. The van der Waals surface area contributed by atoms with Gasteiger partial charge < -0.3 is 5.32 Å². The number of nitrogens with zero attached hydrogens (tertiary/aromatic N) is 4. The minimum Gasteiger partial charge on any atom is -0.314 e. The fourth-order valence-electron chi connectivity index (χ4n) is 4.12. The van der Waals surface area contributed by atoms with Gasteiger partial charge in [0.05, 0.1) is 11.4 Å². The van der Waals surface area contributed by atoms with Crippen LogP contribution in [0.2, 0.25) is 0 Å². The van der Waals surface area contributed by atoms with Crippen LogP contribution >= 0.6 is 11.3 Å². The van der Waals surface area contributed by atoms with Gasteiger partial charge in [0.15, 0.2) is 5.13 Å². The van der Waals surface area contributed by atoms with Crippen molar-refractivity contribution in [2.45, 2.75) is 32.9 Å². The maximum atomic E-state index is 12.3. The Balaban J connectivity index is 1.41. The number of amides is 1. The first-order valence-corrected chi connectivity index (χ1v) is 11.0. The lowest BCUT2D eigenvalue weighted by molar-refractivity contribution is -0.115. The number of anilines is 2. The van der Waals surface area contributed by atoms with Crippen molar-refractivity contribution in [3.8, 4) is 0 Å². The zero-order chi connectivity index (χ0) is 19.5. The Morgan fingerprint density at radius 1 is 1.25 bits per heavy atom. The van der Waals surface area contributed by atoms with E-state index >= 15 is 0 Å². The highest BCUT2D eigenvalue weighted by atomic mass is 32.1. The molecule has 2 aromatic rings. The second kappa shape index (κ2) is 8.69. The van der Waals surface area contributed by atoms with Gasteiger partial charge in [0.2, 0.25) is 5.91 Å². The van der Waals surface area contributed by atoms with E-state index in [1.54, 1.807) is 23.2 Å². The Kier molecular flexibility index (Phi) is 6.06. The topological polar surface area (TPSA) is 51.7 Å². The molecule has 1 aromatic heterocycles. The van der Waals surface area contributed by atoms with Crippen molar-refractivity contribution in [2.75, 3.05) is 44.2 Å². The van der Waals surface area contributed by atoms with Crippen LogP contribution in [0, 0.1) is 6.92 Å². The van der Waals surface area contributed by atoms with Gasteiger partial charge in [-0.2, -0.15) is 0 Å². The van der Waals surface area contributed by atoms with E-state index in [2.05, 4.69) is 20.5 Å². The van der Waals surface area contributed by atoms with E-state index in [-0.39, 0.29) is 5.91 Å². The molecule has 3 heterocycles. The molecule has 4 rings (SSSR count). The lowest BCUT2D eigenvalue weighted by Crippen LogP contribution is -2.49. The number of benzene rings is 1. The van der Waals surface area contributed by atoms with E-state index in [0.717, 1.165) is 62.3 Å². The summed E-state index contributed by atoms with van der Waals surface area (Å²) in [7, 11) is 0. The van der Waals surface area contributed by atoms with E-state index in [4.69, 9.17) is 4.98 Å². The van der Waals surface area contributed by atoms with Gasteiger partial charge in [0, 0.05) is 64.2 Å². The molecule has 0 saturated carbocycles. The second-order valence-corrected chi connectivity index (χ2v) is 8.61. The van der Waals surface area contributed by atoms with Crippen LogP contribution in [0.4, 0.5) is 10.8 Å².